The summed E-state index contributed by atoms with van der Waals surface area (Å²) >= 11 is 5.84. The minimum atomic E-state index is -0.300. The Morgan fingerprint density at radius 3 is 2.39 bits per heavy atom. The second-order valence-electron chi connectivity index (χ2n) is 4.93. The van der Waals surface area contributed by atoms with Crippen molar-refractivity contribution in [1.82, 2.24) is 0 Å². The molecule has 0 heterocycles. The van der Waals surface area contributed by atoms with E-state index in [1.807, 2.05) is 0 Å². The summed E-state index contributed by atoms with van der Waals surface area (Å²) in [5, 5.41) is 0.651. The Labute approximate surface area is 113 Å². The van der Waals surface area contributed by atoms with Crippen molar-refractivity contribution in [1.29, 1.82) is 0 Å². The van der Waals surface area contributed by atoms with Crippen LogP contribution in [0, 0.1) is 5.92 Å². The third-order valence-corrected chi connectivity index (χ3v) is 3.97. The first-order valence-corrected chi connectivity index (χ1v) is 6.92. The molecule has 2 rings (SSSR count). The van der Waals surface area contributed by atoms with E-state index in [0.29, 0.717) is 16.5 Å². The highest BCUT2D eigenvalue weighted by molar-refractivity contribution is 6.30. The fraction of sp³-hybridized carbons (Fsp3) is 0.533. The van der Waals surface area contributed by atoms with E-state index in [-0.39, 0.29) is 11.9 Å². The molecule has 18 heavy (non-hydrogen) atoms. The van der Waals surface area contributed by atoms with Crippen molar-refractivity contribution in [2.75, 3.05) is 7.11 Å². The number of rotatable bonds is 4. The zero-order valence-corrected chi connectivity index (χ0v) is 11.5. The minimum Gasteiger partial charge on any atom is -0.373 e. The van der Waals surface area contributed by atoms with Crippen LogP contribution < -0.4 is 0 Å². The maximum atomic E-state index is 12.4. The first-order valence-electron chi connectivity index (χ1n) is 6.55. The lowest BCUT2D eigenvalue weighted by molar-refractivity contribution is 0.0314. The molecule has 0 aromatic heterocycles. The highest BCUT2D eigenvalue weighted by Gasteiger charge is 2.29. The summed E-state index contributed by atoms with van der Waals surface area (Å²) < 4.78 is 5.45. The van der Waals surface area contributed by atoms with E-state index in [0.717, 1.165) is 12.8 Å². The summed E-state index contributed by atoms with van der Waals surface area (Å²) in [5.74, 6) is 0.452. The molecule has 0 N–H and O–H groups in total. The molecule has 1 aromatic rings. The van der Waals surface area contributed by atoms with Crippen molar-refractivity contribution < 1.29 is 9.53 Å². The Hall–Kier alpha value is -0.860. The number of hydrogen-bond acceptors (Lipinski definition) is 2. The fourth-order valence-electron chi connectivity index (χ4n) is 2.73. The van der Waals surface area contributed by atoms with Crippen molar-refractivity contribution in [3.05, 3.63) is 34.9 Å². The molecule has 0 bridgehead atoms. The lowest BCUT2D eigenvalue weighted by Crippen LogP contribution is -2.33. The lowest BCUT2D eigenvalue weighted by Gasteiger charge is -2.28. The molecular formula is C15H19ClO2. The normalized spacial score (nSPS) is 18.6. The number of methoxy groups -OCH3 is 1. The molecule has 0 amide bonds. The van der Waals surface area contributed by atoms with Crippen LogP contribution in [0.1, 0.15) is 42.5 Å². The summed E-state index contributed by atoms with van der Waals surface area (Å²) in [5.41, 5.74) is 0.692. The van der Waals surface area contributed by atoms with Crippen LogP contribution in [-0.4, -0.2) is 19.0 Å². The van der Waals surface area contributed by atoms with Crippen LogP contribution >= 0.6 is 11.6 Å². The van der Waals surface area contributed by atoms with Gasteiger partial charge in [0, 0.05) is 17.7 Å². The second-order valence-corrected chi connectivity index (χ2v) is 5.36. The summed E-state index contributed by atoms with van der Waals surface area (Å²) in [7, 11) is 1.63. The topological polar surface area (TPSA) is 26.3 Å². The van der Waals surface area contributed by atoms with Gasteiger partial charge >= 0.3 is 0 Å². The van der Waals surface area contributed by atoms with Crippen LogP contribution in [0.15, 0.2) is 24.3 Å². The van der Waals surface area contributed by atoms with Gasteiger partial charge in [-0.1, -0.05) is 30.9 Å². The predicted octanol–water partition coefficient (Wildman–Crippen LogP) is 4.12. The molecule has 0 spiro atoms. The molecule has 1 aromatic carbocycles. The summed E-state index contributed by atoms with van der Waals surface area (Å²) in [6, 6.07) is 7.06. The van der Waals surface area contributed by atoms with Crippen molar-refractivity contribution in [3.63, 3.8) is 0 Å². The zero-order chi connectivity index (χ0) is 13.0. The van der Waals surface area contributed by atoms with E-state index in [1.165, 1.54) is 19.3 Å². The number of hydrogen-bond donors (Lipinski definition) is 0. The Morgan fingerprint density at radius 2 is 1.83 bits per heavy atom. The van der Waals surface area contributed by atoms with Crippen LogP contribution in [0.25, 0.3) is 0 Å². The maximum absolute atomic E-state index is 12.4. The summed E-state index contributed by atoms with van der Waals surface area (Å²) in [6.07, 6.45) is 5.58. The van der Waals surface area contributed by atoms with E-state index in [4.69, 9.17) is 16.3 Å². The molecule has 1 unspecified atom stereocenters. The number of Topliss-reactive ketones (excluding diaryl/α,β-unsaturated/α-hetero) is 1. The number of carbonyl (C=O) groups excluding carboxylic acids is 1. The molecule has 0 aliphatic heterocycles. The Balaban J connectivity index is 2.11. The van der Waals surface area contributed by atoms with Crippen LogP contribution in [-0.2, 0) is 4.74 Å². The van der Waals surface area contributed by atoms with Gasteiger partial charge in [0.15, 0.2) is 5.78 Å². The Kier molecular flexibility index (Phi) is 4.79. The molecule has 1 aliphatic rings. The Bertz CT molecular complexity index is 393. The maximum Gasteiger partial charge on any atom is 0.191 e. The summed E-state index contributed by atoms with van der Waals surface area (Å²) in [6.45, 7) is 0. The van der Waals surface area contributed by atoms with Crippen molar-refractivity contribution in [3.8, 4) is 0 Å². The second kappa shape index (κ2) is 6.35. The van der Waals surface area contributed by atoms with Crippen molar-refractivity contribution in [2.45, 2.75) is 38.2 Å². The number of benzene rings is 1. The first kappa shape index (κ1) is 13.6. The van der Waals surface area contributed by atoms with E-state index in [1.54, 1.807) is 31.4 Å². The quantitative estimate of drug-likeness (QED) is 0.767. The molecule has 1 fully saturated rings. The smallest absolute Gasteiger partial charge is 0.191 e. The van der Waals surface area contributed by atoms with Crippen LogP contribution in [0.2, 0.25) is 5.02 Å². The first-order chi connectivity index (χ1) is 8.72. The lowest BCUT2D eigenvalue weighted by atomic mass is 9.82. The number of carbonyl (C=O) groups is 1. The third-order valence-electron chi connectivity index (χ3n) is 3.72. The van der Waals surface area contributed by atoms with Gasteiger partial charge in [-0.3, -0.25) is 4.79 Å². The Morgan fingerprint density at radius 1 is 1.22 bits per heavy atom. The van der Waals surface area contributed by atoms with E-state index in [9.17, 15) is 4.79 Å². The van der Waals surface area contributed by atoms with E-state index in [2.05, 4.69) is 0 Å². The van der Waals surface area contributed by atoms with Gasteiger partial charge in [-0.25, -0.2) is 0 Å². The highest BCUT2D eigenvalue weighted by Crippen LogP contribution is 2.29. The molecule has 1 aliphatic carbocycles. The van der Waals surface area contributed by atoms with Gasteiger partial charge in [0.25, 0.3) is 0 Å². The fourth-order valence-corrected chi connectivity index (χ4v) is 2.85. The SMILES string of the molecule is COC(C(=O)c1ccc(Cl)cc1)C1CCCCC1. The number of ether oxygens (including phenoxy) is 1. The van der Waals surface area contributed by atoms with Crippen LogP contribution in [0.4, 0.5) is 0 Å². The average Bonchev–Trinajstić information content (AvgIpc) is 2.41. The zero-order valence-electron chi connectivity index (χ0n) is 10.7. The molecule has 2 nitrogen and oxygen atoms in total. The van der Waals surface area contributed by atoms with Crippen LogP contribution in [0.3, 0.4) is 0 Å². The predicted molar refractivity (Wildman–Crippen MR) is 73.2 cm³/mol. The van der Waals surface area contributed by atoms with Gasteiger partial charge in [-0.15, -0.1) is 0 Å². The third kappa shape index (κ3) is 3.12. The largest absolute Gasteiger partial charge is 0.373 e. The van der Waals surface area contributed by atoms with E-state index < -0.39 is 0 Å². The van der Waals surface area contributed by atoms with Crippen molar-refractivity contribution >= 4 is 17.4 Å². The molecule has 3 heteroatoms. The van der Waals surface area contributed by atoms with Gasteiger partial charge in [-0.05, 0) is 43.0 Å². The highest BCUT2D eigenvalue weighted by atomic mass is 35.5. The summed E-state index contributed by atoms with van der Waals surface area (Å²) in [4.78, 5) is 12.4. The monoisotopic (exact) mass is 266 g/mol. The van der Waals surface area contributed by atoms with Gasteiger partial charge in [0.05, 0.1) is 0 Å². The van der Waals surface area contributed by atoms with Crippen molar-refractivity contribution in [2.24, 2.45) is 5.92 Å². The molecular weight excluding hydrogens is 248 g/mol. The minimum absolute atomic E-state index is 0.0843. The average molecular weight is 267 g/mol. The molecule has 1 atom stereocenters. The molecule has 0 radical (unpaired) electrons. The van der Waals surface area contributed by atoms with E-state index >= 15 is 0 Å². The molecule has 1 saturated carbocycles. The number of halogens is 1. The molecule has 0 saturated heterocycles. The standard InChI is InChI=1S/C15H19ClO2/c1-18-15(12-5-3-2-4-6-12)14(17)11-7-9-13(16)10-8-11/h7-10,12,15H,2-6H2,1H3. The van der Waals surface area contributed by atoms with Crippen LogP contribution in [0.5, 0.6) is 0 Å². The van der Waals surface area contributed by atoms with Gasteiger partial charge in [-0.2, -0.15) is 0 Å². The molecule has 98 valence electrons. The van der Waals surface area contributed by atoms with Gasteiger partial charge < -0.3 is 4.74 Å². The van der Waals surface area contributed by atoms with Gasteiger partial charge in [0.1, 0.15) is 6.10 Å². The number of ketones is 1. The van der Waals surface area contributed by atoms with Gasteiger partial charge in [0.2, 0.25) is 0 Å².